The highest BCUT2D eigenvalue weighted by Crippen LogP contribution is 2.23. The number of nitrogens with one attached hydrogen (secondary N) is 2. The number of fused-ring (bicyclic) bond motifs is 1. The van der Waals surface area contributed by atoms with Gasteiger partial charge >= 0.3 is 6.03 Å². The van der Waals surface area contributed by atoms with E-state index in [4.69, 9.17) is 11.6 Å². The number of carbonyl (C=O) groups excluding carboxylic acids is 2. The number of nitrogens with zero attached hydrogens (tertiary/aromatic N) is 2. The molecule has 1 aromatic carbocycles. The number of rotatable bonds is 3. The monoisotopic (exact) mass is 376 g/mol. The van der Waals surface area contributed by atoms with Crippen LogP contribution in [0.2, 0.25) is 5.02 Å². The fourth-order valence-corrected chi connectivity index (χ4v) is 3.47. The number of aromatic nitrogens is 2. The van der Waals surface area contributed by atoms with E-state index in [0.717, 1.165) is 23.8 Å². The second kappa shape index (κ2) is 7.86. The Morgan fingerprint density at radius 3 is 2.85 bits per heavy atom. The van der Waals surface area contributed by atoms with Crippen molar-refractivity contribution in [3.63, 3.8) is 0 Å². The van der Waals surface area contributed by atoms with Crippen LogP contribution in [0.1, 0.15) is 32.6 Å². The van der Waals surface area contributed by atoms with Crippen LogP contribution in [0.15, 0.2) is 29.3 Å². The number of benzene rings is 1. The summed E-state index contributed by atoms with van der Waals surface area (Å²) in [5.41, 5.74) is 0.119. The smallest absolute Gasteiger partial charge is 0.321 e. The van der Waals surface area contributed by atoms with Gasteiger partial charge in [0.25, 0.3) is 5.56 Å². The lowest BCUT2D eigenvalue weighted by Crippen LogP contribution is -2.48. The summed E-state index contributed by atoms with van der Waals surface area (Å²) >= 11 is 5.91. The molecule has 1 saturated carbocycles. The Morgan fingerprint density at radius 1 is 1.31 bits per heavy atom. The van der Waals surface area contributed by atoms with E-state index in [9.17, 15) is 14.4 Å². The van der Waals surface area contributed by atoms with Crippen molar-refractivity contribution in [2.75, 3.05) is 0 Å². The molecule has 1 aliphatic rings. The molecule has 138 valence electrons. The van der Waals surface area contributed by atoms with Crippen LogP contribution in [0.4, 0.5) is 4.79 Å². The Kier molecular flexibility index (Phi) is 5.56. The highest BCUT2D eigenvalue weighted by molar-refractivity contribution is 6.31. The zero-order valence-corrected chi connectivity index (χ0v) is 15.3. The van der Waals surface area contributed by atoms with Crippen LogP contribution in [-0.2, 0) is 11.3 Å². The lowest BCUT2D eigenvalue weighted by molar-refractivity contribution is -0.120. The lowest BCUT2D eigenvalue weighted by atomic mass is 9.86. The van der Waals surface area contributed by atoms with Crippen LogP contribution in [0.3, 0.4) is 0 Å². The maximum Gasteiger partial charge on any atom is 0.321 e. The van der Waals surface area contributed by atoms with Crippen molar-refractivity contribution in [3.05, 3.63) is 39.9 Å². The fourth-order valence-electron chi connectivity index (χ4n) is 3.30. The second-order valence-corrected chi connectivity index (χ2v) is 7.17. The third kappa shape index (κ3) is 4.22. The molecule has 7 nitrogen and oxygen atoms in total. The number of urea groups is 1. The quantitative estimate of drug-likeness (QED) is 0.860. The maximum atomic E-state index is 12.4. The van der Waals surface area contributed by atoms with Crippen LogP contribution in [-0.4, -0.2) is 27.5 Å². The molecule has 1 heterocycles. The van der Waals surface area contributed by atoms with Gasteiger partial charge in [0.15, 0.2) is 0 Å². The summed E-state index contributed by atoms with van der Waals surface area (Å²) in [6.07, 6.45) is 5.52. The van der Waals surface area contributed by atoms with Crippen molar-refractivity contribution in [1.82, 2.24) is 20.2 Å². The van der Waals surface area contributed by atoms with Crippen molar-refractivity contribution in [3.8, 4) is 0 Å². The average molecular weight is 377 g/mol. The van der Waals surface area contributed by atoms with Gasteiger partial charge in [-0.3, -0.25) is 19.5 Å². The number of hydrogen-bond acceptors (Lipinski definition) is 4. The Labute approximate surface area is 155 Å². The first-order valence-corrected chi connectivity index (χ1v) is 9.07. The number of halogens is 1. The minimum atomic E-state index is -0.573. The molecule has 3 amide bonds. The fraction of sp³-hybridized carbons (Fsp3) is 0.444. The summed E-state index contributed by atoms with van der Waals surface area (Å²) in [4.78, 5) is 40.7. The lowest BCUT2D eigenvalue weighted by Gasteiger charge is -2.29. The summed E-state index contributed by atoms with van der Waals surface area (Å²) in [6, 6.07) is 4.34. The van der Waals surface area contributed by atoms with E-state index in [1.54, 1.807) is 12.1 Å². The average Bonchev–Trinajstić information content (AvgIpc) is 2.60. The molecule has 2 atom stereocenters. The first-order chi connectivity index (χ1) is 12.4. The highest BCUT2D eigenvalue weighted by Gasteiger charge is 2.23. The molecule has 2 N–H and O–H groups in total. The standard InChI is InChI=1S/C18H21ClN4O3/c1-11-4-2-3-5-14(11)21-18(26)22-16(24)9-23-10-20-15-7-6-12(19)8-13(15)17(23)25/h6-8,10-11,14H,2-5,9H2,1H3,(H2,21,22,24,26)/t11-,14-/m0/s1. The molecule has 0 spiro atoms. The van der Waals surface area contributed by atoms with Gasteiger partial charge in [-0.2, -0.15) is 0 Å². The van der Waals surface area contributed by atoms with Crippen LogP contribution in [0.25, 0.3) is 10.9 Å². The van der Waals surface area contributed by atoms with Gasteiger partial charge in [-0.15, -0.1) is 0 Å². The second-order valence-electron chi connectivity index (χ2n) is 6.73. The predicted molar refractivity (Wildman–Crippen MR) is 99.1 cm³/mol. The van der Waals surface area contributed by atoms with E-state index < -0.39 is 11.9 Å². The molecule has 3 rings (SSSR count). The minimum Gasteiger partial charge on any atom is -0.335 e. The Hall–Kier alpha value is -2.41. The van der Waals surface area contributed by atoms with Gasteiger partial charge in [0.05, 0.1) is 17.2 Å². The van der Waals surface area contributed by atoms with Gasteiger partial charge in [-0.05, 0) is 37.0 Å². The zero-order chi connectivity index (χ0) is 18.7. The molecule has 0 saturated heterocycles. The molecule has 1 fully saturated rings. The number of amides is 3. The molecule has 2 aromatic rings. The summed E-state index contributed by atoms with van der Waals surface area (Å²) in [6.45, 7) is 1.80. The molecule has 0 unspecified atom stereocenters. The Balaban J connectivity index is 1.64. The third-order valence-corrected chi connectivity index (χ3v) is 5.02. The van der Waals surface area contributed by atoms with Gasteiger partial charge in [0.2, 0.25) is 5.91 Å². The SMILES string of the molecule is C[C@H]1CCCC[C@@H]1NC(=O)NC(=O)Cn1cnc2ccc(Cl)cc2c1=O. The maximum absolute atomic E-state index is 12.4. The highest BCUT2D eigenvalue weighted by atomic mass is 35.5. The van der Waals surface area contributed by atoms with E-state index >= 15 is 0 Å². The van der Waals surface area contributed by atoms with Crippen LogP contribution < -0.4 is 16.2 Å². The summed E-state index contributed by atoms with van der Waals surface area (Å²) in [7, 11) is 0. The van der Waals surface area contributed by atoms with Crippen LogP contribution in [0.5, 0.6) is 0 Å². The van der Waals surface area contributed by atoms with E-state index in [2.05, 4.69) is 22.5 Å². The third-order valence-electron chi connectivity index (χ3n) is 4.78. The van der Waals surface area contributed by atoms with Crippen LogP contribution >= 0.6 is 11.6 Å². The molecule has 26 heavy (non-hydrogen) atoms. The topological polar surface area (TPSA) is 93.1 Å². The van der Waals surface area contributed by atoms with E-state index in [0.29, 0.717) is 21.8 Å². The molecule has 8 heteroatoms. The van der Waals surface area contributed by atoms with Crippen molar-refractivity contribution < 1.29 is 9.59 Å². The van der Waals surface area contributed by atoms with Gasteiger partial charge in [0, 0.05) is 11.1 Å². The summed E-state index contributed by atoms with van der Waals surface area (Å²) < 4.78 is 1.16. The molecule has 1 aliphatic carbocycles. The zero-order valence-electron chi connectivity index (χ0n) is 14.5. The molecule has 1 aromatic heterocycles. The number of hydrogen-bond donors (Lipinski definition) is 2. The molecular weight excluding hydrogens is 356 g/mol. The molecular formula is C18H21ClN4O3. The first kappa shape index (κ1) is 18.4. The van der Waals surface area contributed by atoms with E-state index in [1.807, 2.05) is 0 Å². The number of imide groups is 1. The van der Waals surface area contributed by atoms with Crippen molar-refractivity contribution in [1.29, 1.82) is 0 Å². The first-order valence-electron chi connectivity index (χ1n) is 8.69. The van der Waals surface area contributed by atoms with Gasteiger partial charge in [0.1, 0.15) is 6.54 Å². The van der Waals surface area contributed by atoms with E-state index in [-0.39, 0.29) is 18.1 Å². The van der Waals surface area contributed by atoms with Gasteiger partial charge in [-0.25, -0.2) is 9.78 Å². The van der Waals surface area contributed by atoms with Gasteiger partial charge in [-0.1, -0.05) is 31.4 Å². The molecule has 0 aliphatic heterocycles. The minimum absolute atomic E-state index is 0.0729. The number of carbonyl (C=O) groups is 2. The summed E-state index contributed by atoms with van der Waals surface area (Å²) in [5.74, 6) is -0.183. The van der Waals surface area contributed by atoms with Crippen LogP contribution in [0, 0.1) is 5.92 Å². The van der Waals surface area contributed by atoms with E-state index in [1.165, 1.54) is 18.8 Å². The Morgan fingerprint density at radius 2 is 2.08 bits per heavy atom. The normalized spacial score (nSPS) is 19.9. The van der Waals surface area contributed by atoms with Crippen molar-refractivity contribution in [2.45, 2.75) is 45.2 Å². The van der Waals surface area contributed by atoms with Gasteiger partial charge < -0.3 is 5.32 Å². The predicted octanol–water partition coefficient (Wildman–Crippen LogP) is 2.45. The van der Waals surface area contributed by atoms with Crippen molar-refractivity contribution >= 4 is 34.4 Å². The largest absolute Gasteiger partial charge is 0.335 e. The Bertz CT molecular complexity index is 896. The molecule has 0 bridgehead atoms. The summed E-state index contributed by atoms with van der Waals surface area (Å²) in [5, 5.41) is 5.87. The van der Waals surface area contributed by atoms with Crippen molar-refractivity contribution in [2.24, 2.45) is 5.92 Å². The molecule has 0 radical (unpaired) electrons.